The standard InChI is InChI=1S/C20H23ClFNO2/c1-11-5-7-15(9-17(11)21)19(14(4)25-20(24)13(3)23)16-8-6-12(2)18(22)10-16/h5-10,13-14,19H,23H2,1-4H3/t13-,14-,19?/m0/s1. The lowest BCUT2D eigenvalue weighted by atomic mass is 9.86. The Morgan fingerprint density at radius 1 is 1.08 bits per heavy atom. The van der Waals surface area contributed by atoms with E-state index >= 15 is 0 Å². The fourth-order valence-corrected chi connectivity index (χ4v) is 2.89. The highest BCUT2D eigenvalue weighted by Crippen LogP contribution is 2.33. The summed E-state index contributed by atoms with van der Waals surface area (Å²) >= 11 is 6.26. The molecule has 3 atom stereocenters. The van der Waals surface area contributed by atoms with E-state index in [4.69, 9.17) is 22.1 Å². The Kier molecular flexibility index (Phi) is 6.20. The van der Waals surface area contributed by atoms with E-state index in [1.807, 2.05) is 31.2 Å². The molecule has 0 amide bonds. The average molecular weight is 364 g/mol. The first-order chi connectivity index (χ1) is 11.7. The topological polar surface area (TPSA) is 52.3 Å². The lowest BCUT2D eigenvalue weighted by Crippen LogP contribution is -2.33. The summed E-state index contributed by atoms with van der Waals surface area (Å²) < 4.78 is 19.6. The van der Waals surface area contributed by atoms with Crippen molar-refractivity contribution in [1.29, 1.82) is 0 Å². The number of rotatable bonds is 5. The summed E-state index contributed by atoms with van der Waals surface area (Å²) in [5, 5.41) is 0.612. The molecule has 5 heteroatoms. The lowest BCUT2D eigenvalue weighted by Gasteiger charge is -2.26. The third-order valence-electron chi connectivity index (χ3n) is 4.25. The number of benzene rings is 2. The van der Waals surface area contributed by atoms with Crippen molar-refractivity contribution in [2.24, 2.45) is 5.73 Å². The molecule has 0 bridgehead atoms. The molecular weight excluding hydrogens is 341 g/mol. The van der Waals surface area contributed by atoms with Gasteiger partial charge in [-0.1, -0.05) is 35.9 Å². The monoisotopic (exact) mass is 363 g/mol. The van der Waals surface area contributed by atoms with Crippen LogP contribution < -0.4 is 5.73 Å². The summed E-state index contributed by atoms with van der Waals surface area (Å²) in [6.07, 6.45) is -0.528. The number of ether oxygens (including phenoxy) is 1. The number of halogens is 2. The molecule has 2 aromatic rings. The van der Waals surface area contributed by atoms with Crippen LogP contribution in [-0.4, -0.2) is 18.1 Å². The maximum atomic E-state index is 14.1. The molecule has 0 radical (unpaired) electrons. The molecule has 0 saturated heterocycles. The number of hydrogen-bond donors (Lipinski definition) is 1. The average Bonchev–Trinajstić information content (AvgIpc) is 2.54. The Balaban J connectivity index is 2.48. The number of carbonyl (C=O) groups excluding carboxylic acids is 1. The number of carbonyl (C=O) groups is 1. The van der Waals surface area contributed by atoms with Crippen LogP contribution >= 0.6 is 11.6 Å². The highest BCUT2D eigenvalue weighted by Gasteiger charge is 2.26. The van der Waals surface area contributed by atoms with Gasteiger partial charge in [0.05, 0.1) is 0 Å². The van der Waals surface area contributed by atoms with Gasteiger partial charge in [-0.15, -0.1) is 0 Å². The Labute approximate surface area is 152 Å². The molecule has 2 rings (SSSR count). The van der Waals surface area contributed by atoms with Crippen molar-refractivity contribution >= 4 is 17.6 Å². The van der Waals surface area contributed by atoms with E-state index in [-0.39, 0.29) is 11.7 Å². The van der Waals surface area contributed by atoms with Crippen LogP contribution in [0.25, 0.3) is 0 Å². The van der Waals surface area contributed by atoms with Crippen LogP contribution in [0.5, 0.6) is 0 Å². The Bertz CT molecular complexity index is 725. The molecule has 1 unspecified atom stereocenters. The van der Waals surface area contributed by atoms with Crippen LogP contribution in [-0.2, 0) is 9.53 Å². The highest BCUT2D eigenvalue weighted by molar-refractivity contribution is 6.31. The van der Waals surface area contributed by atoms with Crippen LogP contribution in [0.2, 0.25) is 5.02 Å². The van der Waals surface area contributed by atoms with Gasteiger partial charge in [0.15, 0.2) is 0 Å². The first-order valence-electron chi connectivity index (χ1n) is 8.19. The first-order valence-corrected chi connectivity index (χ1v) is 8.56. The molecule has 2 aromatic carbocycles. The van der Waals surface area contributed by atoms with Crippen LogP contribution in [0.3, 0.4) is 0 Å². The van der Waals surface area contributed by atoms with Gasteiger partial charge in [0.2, 0.25) is 0 Å². The van der Waals surface area contributed by atoms with E-state index in [0.29, 0.717) is 16.1 Å². The molecule has 2 N–H and O–H groups in total. The van der Waals surface area contributed by atoms with E-state index in [0.717, 1.165) is 11.1 Å². The Morgan fingerprint density at radius 2 is 1.64 bits per heavy atom. The summed E-state index contributed by atoms with van der Waals surface area (Å²) in [6, 6.07) is 9.95. The second-order valence-electron chi connectivity index (χ2n) is 6.43. The third-order valence-corrected chi connectivity index (χ3v) is 4.66. The summed E-state index contributed by atoms with van der Waals surface area (Å²) in [4.78, 5) is 11.9. The maximum absolute atomic E-state index is 14.1. The van der Waals surface area contributed by atoms with E-state index in [1.54, 1.807) is 26.8 Å². The zero-order chi connectivity index (χ0) is 18.7. The van der Waals surface area contributed by atoms with Crippen molar-refractivity contribution in [3.63, 3.8) is 0 Å². The predicted molar refractivity (Wildman–Crippen MR) is 98.4 cm³/mol. The molecule has 0 aromatic heterocycles. The van der Waals surface area contributed by atoms with Crippen molar-refractivity contribution < 1.29 is 13.9 Å². The molecule has 0 fully saturated rings. The predicted octanol–water partition coefficient (Wildman–Crippen LogP) is 4.51. The molecule has 0 spiro atoms. The fourth-order valence-electron chi connectivity index (χ4n) is 2.70. The van der Waals surface area contributed by atoms with Gasteiger partial charge in [-0.05, 0) is 62.1 Å². The van der Waals surface area contributed by atoms with Crippen LogP contribution in [0.1, 0.15) is 42.0 Å². The minimum Gasteiger partial charge on any atom is -0.461 e. The Hall–Kier alpha value is -1.91. The van der Waals surface area contributed by atoms with Gasteiger partial charge in [0.1, 0.15) is 18.0 Å². The molecular formula is C20H23ClFNO2. The highest BCUT2D eigenvalue weighted by atomic mass is 35.5. The quantitative estimate of drug-likeness (QED) is 0.795. The minimum atomic E-state index is -0.723. The normalized spacial score (nSPS) is 14.7. The molecule has 0 aliphatic rings. The SMILES string of the molecule is Cc1ccc(C(c2ccc(C)c(Cl)c2)[C@H](C)OC(=O)[C@H](C)N)cc1F. The van der Waals surface area contributed by atoms with Gasteiger partial charge in [-0.2, -0.15) is 0 Å². The van der Waals surface area contributed by atoms with Crippen molar-refractivity contribution in [2.75, 3.05) is 0 Å². The van der Waals surface area contributed by atoms with Crippen molar-refractivity contribution in [1.82, 2.24) is 0 Å². The van der Waals surface area contributed by atoms with E-state index in [2.05, 4.69) is 0 Å². The third kappa shape index (κ3) is 4.59. The first kappa shape index (κ1) is 19.4. The number of nitrogens with two attached hydrogens (primary N) is 1. The molecule has 0 aliphatic carbocycles. The zero-order valence-corrected chi connectivity index (χ0v) is 15.6. The van der Waals surface area contributed by atoms with Crippen LogP contribution in [0.4, 0.5) is 4.39 Å². The minimum absolute atomic E-state index is 0.300. The number of aryl methyl sites for hydroxylation is 2. The number of hydrogen-bond acceptors (Lipinski definition) is 3. The molecule has 0 aliphatic heterocycles. The molecule has 25 heavy (non-hydrogen) atoms. The fraction of sp³-hybridized carbons (Fsp3) is 0.350. The van der Waals surface area contributed by atoms with Gasteiger partial charge in [-0.25, -0.2) is 4.39 Å². The summed E-state index contributed by atoms with van der Waals surface area (Å²) in [6.45, 7) is 6.96. The van der Waals surface area contributed by atoms with Crippen molar-refractivity contribution in [3.8, 4) is 0 Å². The van der Waals surface area contributed by atoms with Crippen molar-refractivity contribution in [3.05, 3.63) is 69.5 Å². The van der Waals surface area contributed by atoms with Gasteiger partial charge >= 0.3 is 5.97 Å². The second-order valence-corrected chi connectivity index (χ2v) is 6.83. The van der Waals surface area contributed by atoms with Gasteiger partial charge in [0, 0.05) is 10.9 Å². The number of esters is 1. The van der Waals surface area contributed by atoms with Gasteiger partial charge in [0.25, 0.3) is 0 Å². The summed E-state index contributed by atoms with van der Waals surface area (Å²) in [5.41, 5.74) is 8.66. The van der Waals surface area contributed by atoms with Gasteiger partial charge in [-0.3, -0.25) is 4.79 Å². The van der Waals surface area contributed by atoms with E-state index < -0.39 is 18.1 Å². The van der Waals surface area contributed by atoms with E-state index in [9.17, 15) is 9.18 Å². The molecule has 3 nitrogen and oxygen atoms in total. The summed E-state index contributed by atoms with van der Waals surface area (Å²) in [7, 11) is 0. The molecule has 0 heterocycles. The summed E-state index contributed by atoms with van der Waals surface area (Å²) in [5.74, 6) is -1.15. The molecule has 134 valence electrons. The van der Waals surface area contributed by atoms with Crippen LogP contribution in [0, 0.1) is 19.7 Å². The smallest absolute Gasteiger partial charge is 0.322 e. The molecule has 0 saturated carbocycles. The van der Waals surface area contributed by atoms with Crippen molar-refractivity contribution in [2.45, 2.75) is 45.8 Å². The largest absolute Gasteiger partial charge is 0.461 e. The van der Waals surface area contributed by atoms with Gasteiger partial charge < -0.3 is 10.5 Å². The van der Waals surface area contributed by atoms with E-state index in [1.165, 1.54) is 6.07 Å². The van der Waals surface area contributed by atoms with Crippen LogP contribution in [0.15, 0.2) is 36.4 Å². The zero-order valence-electron chi connectivity index (χ0n) is 14.8. The Morgan fingerprint density at radius 3 is 2.16 bits per heavy atom. The maximum Gasteiger partial charge on any atom is 0.322 e. The lowest BCUT2D eigenvalue weighted by molar-refractivity contribution is -0.149. The second kappa shape index (κ2) is 7.98.